The number of hydrogen-bond acceptors (Lipinski definition) is 8. The maximum Gasteiger partial charge on any atom is 0.166 e. The number of nitriles is 1. The number of benzene rings is 1. The predicted octanol–water partition coefficient (Wildman–Crippen LogP) is 1.65. The highest BCUT2D eigenvalue weighted by molar-refractivity contribution is 5.83. The Morgan fingerprint density at radius 1 is 1.12 bits per heavy atom. The molecule has 2 saturated carbocycles. The molecule has 0 saturated heterocycles. The summed E-state index contributed by atoms with van der Waals surface area (Å²) in [5, 5.41) is 43.2. The van der Waals surface area contributed by atoms with Crippen LogP contribution in [0.5, 0.6) is 0 Å². The van der Waals surface area contributed by atoms with Crippen molar-refractivity contribution in [3.8, 4) is 6.07 Å². The van der Waals surface area contributed by atoms with E-state index >= 15 is 0 Å². The molecule has 32 heavy (non-hydrogen) atoms. The molecule has 9 heteroatoms. The molecule has 0 radical (unpaired) electrons. The van der Waals surface area contributed by atoms with E-state index in [1.807, 2.05) is 24.3 Å². The van der Waals surface area contributed by atoms with Gasteiger partial charge >= 0.3 is 0 Å². The first-order valence-corrected chi connectivity index (χ1v) is 10.9. The number of anilines is 1. The summed E-state index contributed by atoms with van der Waals surface area (Å²) in [5.41, 5.74) is 2.13. The Hall–Kier alpha value is -3.06. The fraction of sp³-hybridized carbons (Fsp3) is 0.478. The monoisotopic (exact) mass is 434 g/mol. The lowest BCUT2D eigenvalue weighted by atomic mass is 9.96. The van der Waals surface area contributed by atoms with Gasteiger partial charge in [-0.1, -0.05) is 12.1 Å². The summed E-state index contributed by atoms with van der Waals surface area (Å²) in [6, 6.07) is 10.2. The van der Waals surface area contributed by atoms with Crippen LogP contribution in [-0.4, -0.2) is 59.2 Å². The third-order valence-corrected chi connectivity index (χ3v) is 7.15. The number of imidazole rings is 1. The SMILES string of the molecule is CC1(n2cnc3c(N[C@H]4CCC(c5ccc(C#N)cc5)C4)ncnc32)CC(O)C(O)C1O. The fourth-order valence-electron chi connectivity index (χ4n) is 5.24. The number of aromatic nitrogens is 4. The number of nitrogens with one attached hydrogen (secondary N) is 1. The summed E-state index contributed by atoms with van der Waals surface area (Å²) in [4.78, 5) is 13.3. The van der Waals surface area contributed by atoms with Crippen molar-refractivity contribution >= 4 is 17.0 Å². The molecule has 0 bridgehead atoms. The van der Waals surface area contributed by atoms with Gasteiger partial charge in [0, 0.05) is 12.5 Å². The zero-order chi connectivity index (χ0) is 22.5. The zero-order valence-electron chi connectivity index (χ0n) is 17.8. The Morgan fingerprint density at radius 3 is 2.59 bits per heavy atom. The highest BCUT2D eigenvalue weighted by Crippen LogP contribution is 2.40. The highest BCUT2D eigenvalue weighted by atomic mass is 16.4. The van der Waals surface area contributed by atoms with Crippen LogP contribution in [0.4, 0.5) is 5.82 Å². The van der Waals surface area contributed by atoms with Gasteiger partial charge in [0.1, 0.15) is 24.1 Å². The summed E-state index contributed by atoms with van der Waals surface area (Å²) < 4.78 is 1.73. The quantitative estimate of drug-likeness (QED) is 0.486. The molecule has 2 aliphatic rings. The molecule has 5 rings (SSSR count). The van der Waals surface area contributed by atoms with Crippen molar-refractivity contribution in [2.45, 2.75) is 68.4 Å². The van der Waals surface area contributed by atoms with Gasteiger partial charge < -0.3 is 25.2 Å². The Morgan fingerprint density at radius 2 is 1.91 bits per heavy atom. The highest BCUT2D eigenvalue weighted by Gasteiger charge is 2.51. The summed E-state index contributed by atoms with van der Waals surface area (Å²) in [5.74, 6) is 1.06. The first-order chi connectivity index (χ1) is 15.4. The van der Waals surface area contributed by atoms with E-state index in [0.717, 1.165) is 19.3 Å². The lowest BCUT2D eigenvalue weighted by Gasteiger charge is -2.30. The van der Waals surface area contributed by atoms with Crippen molar-refractivity contribution in [1.29, 1.82) is 5.26 Å². The van der Waals surface area contributed by atoms with Crippen LogP contribution in [0.25, 0.3) is 11.2 Å². The third kappa shape index (κ3) is 3.32. The minimum atomic E-state index is -1.21. The average molecular weight is 435 g/mol. The van der Waals surface area contributed by atoms with Gasteiger partial charge in [-0.3, -0.25) is 0 Å². The summed E-state index contributed by atoms with van der Waals surface area (Å²) in [6.07, 6.45) is 2.89. The predicted molar refractivity (Wildman–Crippen MR) is 117 cm³/mol. The van der Waals surface area contributed by atoms with Crippen molar-refractivity contribution in [2.24, 2.45) is 0 Å². The van der Waals surface area contributed by atoms with Crippen LogP contribution in [0.15, 0.2) is 36.9 Å². The molecule has 1 aromatic carbocycles. The smallest absolute Gasteiger partial charge is 0.166 e. The molecule has 2 aromatic heterocycles. The van der Waals surface area contributed by atoms with E-state index in [-0.39, 0.29) is 12.5 Å². The van der Waals surface area contributed by atoms with E-state index in [1.165, 1.54) is 11.9 Å². The zero-order valence-corrected chi connectivity index (χ0v) is 17.8. The van der Waals surface area contributed by atoms with Gasteiger partial charge in [0.05, 0.1) is 29.6 Å². The fourth-order valence-corrected chi connectivity index (χ4v) is 5.24. The molecule has 2 fully saturated rings. The molecule has 2 heterocycles. The number of rotatable bonds is 4. The normalized spacial score (nSPS) is 32.3. The van der Waals surface area contributed by atoms with Crippen molar-refractivity contribution < 1.29 is 15.3 Å². The van der Waals surface area contributed by atoms with E-state index in [9.17, 15) is 15.3 Å². The summed E-state index contributed by atoms with van der Waals surface area (Å²) >= 11 is 0. The van der Waals surface area contributed by atoms with Gasteiger partial charge in [-0.2, -0.15) is 5.26 Å². The molecule has 0 amide bonds. The van der Waals surface area contributed by atoms with E-state index in [1.54, 1.807) is 17.8 Å². The molecule has 3 aromatic rings. The van der Waals surface area contributed by atoms with E-state index in [2.05, 4.69) is 26.3 Å². The molecule has 6 atom stereocenters. The molecule has 4 N–H and O–H groups in total. The number of aliphatic hydroxyl groups is 3. The molecule has 166 valence electrons. The van der Waals surface area contributed by atoms with Crippen molar-refractivity contribution in [3.63, 3.8) is 0 Å². The molecule has 2 aliphatic carbocycles. The van der Waals surface area contributed by atoms with Crippen LogP contribution < -0.4 is 5.32 Å². The maximum absolute atomic E-state index is 10.6. The Labute approximate surface area is 185 Å². The average Bonchev–Trinajstić information content (AvgIpc) is 3.50. The summed E-state index contributed by atoms with van der Waals surface area (Å²) in [7, 11) is 0. The van der Waals surface area contributed by atoms with E-state index < -0.39 is 23.9 Å². The minimum absolute atomic E-state index is 0.197. The maximum atomic E-state index is 10.6. The molecular formula is C23H26N6O3. The first kappa shape index (κ1) is 20.8. The summed E-state index contributed by atoms with van der Waals surface area (Å²) in [6.45, 7) is 1.78. The number of aliphatic hydroxyl groups excluding tert-OH is 3. The Kier molecular flexibility index (Phi) is 5.08. The Bertz CT molecular complexity index is 1170. The standard InChI is InChI=1S/C23H26N6O3/c1-23(9-17(30)19(31)20(23)32)29-12-27-18-21(25-11-26-22(18)29)28-16-7-6-15(8-16)14-4-2-13(10-24)3-5-14/h2-5,11-12,15-17,19-20,30-32H,6-9H2,1H3,(H,25,26,28)/t15?,16-,17?,19?,20?,23?/m0/s1. The van der Waals surface area contributed by atoms with E-state index in [0.29, 0.717) is 28.5 Å². The van der Waals surface area contributed by atoms with E-state index in [4.69, 9.17) is 5.26 Å². The van der Waals surface area contributed by atoms with Gasteiger partial charge in [-0.05, 0) is 49.8 Å². The first-order valence-electron chi connectivity index (χ1n) is 10.9. The van der Waals surface area contributed by atoms with Crippen LogP contribution in [0.3, 0.4) is 0 Å². The van der Waals surface area contributed by atoms with Gasteiger partial charge in [0.25, 0.3) is 0 Å². The lowest BCUT2D eigenvalue weighted by Crippen LogP contribution is -2.42. The molecule has 5 unspecified atom stereocenters. The molecule has 0 spiro atoms. The topological polar surface area (TPSA) is 140 Å². The third-order valence-electron chi connectivity index (χ3n) is 7.15. The van der Waals surface area contributed by atoms with Gasteiger partial charge in [0.15, 0.2) is 11.5 Å². The van der Waals surface area contributed by atoms with Crippen LogP contribution in [-0.2, 0) is 5.54 Å². The Balaban J connectivity index is 1.37. The molecular weight excluding hydrogens is 408 g/mol. The van der Waals surface area contributed by atoms with Gasteiger partial charge in [-0.15, -0.1) is 0 Å². The number of hydrogen-bond donors (Lipinski definition) is 4. The second-order valence-corrected chi connectivity index (χ2v) is 9.16. The van der Waals surface area contributed by atoms with Gasteiger partial charge in [-0.25, -0.2) is 15.0 Å². The lowest BCUT2D eigenvalue weighted by molar-refractivity contribution is -0.0373. The number of fused-ring (bicyclic) bond motifs is 1. The van der Waals surface area contributed by atoms with Crippen molar-refractivity contribution in [2.75, 3.05) is 5.32 Å². The van der Waals surface area contributed by atoms with Crippen LogP contribution in [0.2, 0.25) is 0 Å². The van der Waals surface area contributed by atoms with Gasteiger partial charge in [0.2, 0.25) is 0 Å². The molecule has 9 nitrogen and oxygen atoms in total. The molecule has 0 aliphatic heterocycles. The number of nitrogens with zero attached hydrogens (tertiary/aromatic N) is 5. The largest absolute Gasteiger partial charge is 0.390 e. The van der Waals surface area contributed by atoms with Crippen LogP contribution in [0, 0.1) is 11.3 Å². The van der Waals surface area contributed by atoms with Crippen molar-refractivity contribution in [1.82, 2.24) is 19.5 Å². The minimum Gasteiger partial charge on any atom is -0.390 e. The van der Waals surface area contributed by atoms with Crippen LogP contribution >= 0.6 is 0 Å². The van der Waals surface area contributed by atoms with Crippen molar-refractivity contribution in [3.05, 3.63) is 48.0 Å². The second-order valence-electron chi connectivity index (χ2n) is 9.16. The van der Waals surface area contributed by atoms with Crippen LogP contribution in [0.1, 0.15) is 49.7 Å². The second kappa shape index (κ2) is 7.81.